The maximum atomic E-state index is 6.64. The van der Waals surface area contributed by atoms with E-state index in [2.05, 4.69) is 209 Å². The first kappa shape index (κ1) is 34.8. The first-order chi connectivity index (χ1) is 28.7. The fraction of sp³-hybridized carbons (Fsp3) is 0.0185. The summed E-state index contributed by atoms with van der Waals surface area (Å²) in [6.45, 7) is 4.40. The molecule has 0 unspecified atom stereocenters. The lowest BCUT2D eigenvalue weighted by Gasteiger charge is -2.26. The van der Waals surface area contributed by atoms with Crippen molar-refractivity contribution in [2.75, 3.05) is 4.90 Å². The van der Waals surface area contributed by atoms with Crippen LogP contribution in [0.5, 0.6) is 5.75 Å². The summed E-state index contributed by atoms with van der Waals surface area (Å²) >= 11 is 0. The van der Waals surface area contributed by atoms with Crippen molar-refractivity contribution in [3.05, 3.63) is 218 Å². The lowest BCUT2D eigenvalue weighted by Crippen LogP contribution is -2.10. The Kier molecular flexibility index (Phi) is 9.05. The molecule has 0 saturated carbocycles. The van der Waals surface area contributed by atoms with Gasteiger partial charge in [-0.15, -0.1) is 0 Å². The molecule has 0 fully saturated rings. The topological polar surface area (TPSA) is 29.8 Å². The fourth-order valence-electron chi connectivity index (χ4n) is 8.20. The number of fused-ring (bicyclic) bond motifs is 4. The van der Waals surface area contributed by atoms with Crippen molar-refractivity contribution in [3.8, 4) is 33.7 Å². The van der Waals surface area contributed by atoms with Crippen LogP contribution in [0.2, 0.25) is 0 Å². The molecule has 9 aromatic carbocycles. The molecular weight excluding hydrogens is 707 g/mol. The Hall–Kier alpha value is -7.69. The standard InChI is InChI=1S/C54H39N3O/c1-55-53-47-25-12-11-20-42(47)35-49(54(53)58-37-38-16-5-2-6-17-38)40-28-30-44(31-29-40)56(45-24-15-21-41(34-45)39-18-7-3-8-19-39)46-32-33-52-50(36-46)48-26-13-14-27-51(48)57(52)43-22-9-4-10-23-43/h2-36H,1,37H2. The van der Waals surface area contributed by atoms with Gasteiger partial charge in [-0.2, -0.15) is 0 Å². The Labute approximate surface area is 338 Å². The van der Waals surface area contributed by atoms with Gasteiger partial charge < -0.3 is 14.2 Å². The molecule has 0 aliphatic heterocycles. The molecule has 0 radical (unpaired) electrons. The molecule has 0 N–H and O–H groups in total. The third-order valence-electron chi connectivity index (χ3n) is 10.9. The highest BCUT2D eigenvalue weighted by molar-refractivity contribution is 6.11. The number of anilines is 3. The predicted molar refractivity (Wildman–Crippen MR) is 244 cm³/mol. The summed E-state index contributed by atoms with van der Waals surface area (Å²) in [5.74, 6) is 0.720. The van der Waals surface area contributed by atoms with E-state index in [4.69, 9.17) is 4.74 Å². The smallest absolute Gasteiger partial charge is 0.153 e. The molecule has 0 bridgehead atoms. The molecule has 58 heavy (non-hydrogen) atoms. The zero-order valence-corrected chi connectivity index (χ0v) is 31.9. The first-order valence-corrected chi connectivity index (χ1v) is 19.6. The number of nitrogens with zero attached hydrogens (tertiary/aromatic N) is 3. The summed E-state index contributed by atoms with van der Waals surface area (Å²) in [6, 6.07) is 75.0. The molecule has 4 heteroatoms. The van der Waals surface area contributed by atoms with Gasteiger partial charge in [0.2, 0.25) is 0 Å². The molecule has 0 amide bonds. The highest BCUT2D eigenvalue weighted by Crippen LogP contribution is 2.46. The fourth-order valence-corrected chi connectivity index (χ4v) is 8.20. The van der Waals surface area contributed by atoms with E-state index in [-0.39, 0.29) is 0 Å². The minimum atomic E-state index is 0.418. The Morgan fingerprint density at radius 2 is 1.09 bits per heavy atom. The molecule has 0 saturated heterocycles. The number of para-hydroxylation sites is 2. The largest absolute Gasteiger partial charge is 0.486 e. The summed E-state index contributed by atoms with van der Waals surface area (Å²) in [5, 5.41) is 4.49. The zero-order valence-electron chi connectivity index (χ0n) is 31.9. The number of hydrogen-bond acceptors (Lipinski definition) is 3. The van der Waals surface area contributed by atoms with Crippen LogP contribution in [0.25, 0.3) is 60.5 Å². The summed E-state index contributed by atoms with van der Waals surface area (Å²) in [4.78, 5) is 6.89. The van der Waals surface area contributed by atoms with Gasteiger partial charge in [-0.25, -0.2) is 0 Å². The maximum Gasteiger partial charge on any atom is 0.153 e. The molecule has 0 spiro atoms. The van der Waals surface area contributed by atoms with E-state index in [1.54, 1.807) is 0 Å². The van der Waals surface area contributed by atoms with Gasteiger partial charge in [0, 0.05) is 44.5 Å². The van der Waals surface area contributed by atoms with Gasteiger partial charge in [0.1, 0.15) is 12.3 Å². The maximum absolute atomic E-state index is 6.64. The molecule has 0 aliphatic carbocycles. The average molecular weight is 746 g/mol. The second-order valence-corrected chi connectivity index (χ2v) is 14.4. The van der Waals surface area contributed by atoms with Crippen LogP contribution in [0.15, 0.2) is 217 Å². The predicted octanol–water partition coefficient (Wildman–Crippen LogP) is 14.7. The number of hydrogen-bond donors (Lipinski definition) is 0. The van der Waals surface area contributed by atoms with Gasteiger partial charge in [0.15, 0.2) is 5.75 Å². The van der Waals surface area contributed by atoms with Crippen LogP contribution in [-0.2, 0) is 6.61 Å². The third kappa shape index (κ3) is 6.37. The van der Waals surface area contributed by atoms with Crippen molar-refractivity contribution < 1.29 is 4.74 Å². The number of ether oxygens (including phenoxy) is 1. The van der Waals surface area contributed by atoms with Crippen molar-refractivity contribution in [2.45, 2.75) is 6.61 Å². The van der Waals surface area contributed by atoms with Crippen LogP contribution in [0.3, 0.4) is 0 Å². The molecule has 0 atom stereocenters. The van der Waals surface area contributed by atoms with Gasteiger partial charge in [-0.3, -0.25) is 4.99 Å². The van der Waals surface area contributed by atoms with E-state index in [1.165, 1.54) is 21.9 Å². The van der Waals surface area contributed by atoms with Gasteiger partial charge >= 0.3 is 0 Å². The van der Waals surface area contributed by atoms with E-state index in [0.717, 1.165) is 72.7 Å². The van der Waals surface area contributed by atoms with Crippen LogP contribution >= 0.6 is 0 Å². The lowest BCUT2D eigenvalue weighted by molar-refractivity contribution is 0.309. The average Bonchev–Trinajstić information content (AvgIpc) is 3.63. The number of aliphatic imine (C=N–C) groups is 1. The molecule has 276 valence electrons. The monoisotopic (exact) mass is 745 g/mol. The number of benzene rings is 9. The van der Waals surface area contributed by atoms with Crippen LogP contribution in [0, 0.1) is 0 Å². The highest BCUT2D eigenvalue weighted by Gasteiger charge is 2.20. The Morgan fingerprint density at radius 1 is 0.466 bits per heavy atom. The second-order valence-electron chi connectivity index (χ2n) is 14.4. The van der Waals surface area contributed by atoms with Gasteiger partial charge in [-0.1, -0.05) is 146 Å². The van der Waals surface area contributed by atoms with E-state index < -0.39 is 0 Å². The summed E-state index contributed by atoms with van der Waals surface area (Å²) in [7, 11) is 0. The van der Waals surface area contributed by atoms with E-state index in [0.29, 0.717) is 6.61 Å². The summed E-state index contributed by atoms with van der Waals surface area (Å²) in [5.41, 5.74) is 12.8. The molecule has 1 heterocycles. The Balaban J connectivity index is 1.13. The van der Waals surface area contributed by atoms with Crippen LogP contribution < -0.4 is 9.64 Å². The highest BCUT2D eigenvalue weighted by atomic mass is 16.5. The van der Waals surface area contributed by atoms with Crippen molar-refractivity contribution in [1.82, 2.24) is 4.57 Å². The quantitative estimate of drug-likeness (QED) is 0.130. The number of aromatic nitrogens is 1. The molecule has 10 aromatic rings. The minimum absolute atomic E-state index is 0.418. The normalized spacial score (nSPS) is 11.2. The Morgan fingerprint density at radius 3 is 1.86 bits per heavy atom. The summed E-state index contributed by atoms with van der Waals surface area (Å²) < 4.78 is 9.00. The first-order valence-electron chi connectivity index (χ1n) is 19.6. The molecular formula is C54H39N3O. The van der Waals surface area contributed by atoms with Gasteiger partial charge in [0.25, 0.3) is 0 Å². The van der Waals surface area contributed by atoms with Crippen LogP contribution in [0.4, 0.5) is 22.7 Å². The van der Waals surface area contributed by atoms with E-state index >= 15 is 0 Å². The van der Waals surface area contributed by atoms with Crippen molar-refractivity contribution >= 4 is 62.0 Å². The van der Waals surface area contributed by atoms with Crippen molar-refractivity contribution in [1.29, 1.82) is 0 Å². The SMILES string of the molecule is C=Nc1c(OCc2ccccc2)c(-c2ccc(N(c3cccc(-c4ccccc4)c3)c3ccc4c(c3)c3ccccc3n4-c3ccccc3)cc2)cc2ccccc12. The molecule has 4 nitrogen and oxygen atoms in total. The molecule has 1 aromatic heterocycles. The minimum Gasteiger partial charge on any atom is -0.486 e. The summed E-state index contributed by atoms with van der Waals surface area (Å²) in [6.07, 6.45) is 0. The number of rotatable bonds is 10. The zero-order chi connectivity index (χ0) is 38.8. The van der Waals surface area contributed by atoms with E-state index in [9.17, 15) is 0 Å². The van der Waals surface area contributed by atoms with Crippen molar-refractivity contribution in [3.63, 3.8) is 0 Å². The lowest BCUT2D eigenvalue weighted by atomic mass is 9.97. The van der Waals surface area contributed by atoms with Crippen molar-refractivity contribution in [2.24, 2.45) is 4.99 Å². The van der Waals surface area contributed by atoms with Gasteiger partial charge in [-0.05, 0) is 101 Å². The van der Waals surface area contributed by atoms with E-state index in [1.807, 2.05) is 24.3 Å². The van der Waals surface area contributed by atoms with Crippen LogP contribution in [0.1, 0.15) is 5.56 Å². The van der Waals surface area contributed by atoms with Gasteiger partial charge in [0.05, 0.1) is 11.0 Å². The third-order valence-corrected chi connectivity index (χ3v) is 10.9. The Bertz CT molecular complexity index is 3060. The molecule has 10 rings (SSSR count). The van der Waals surface area contributed by atoms with Crippen LogP contribution in [-0.4, -0.2) is 11.3 Å². The molecule has 0 aliphatic rings. The second kappa shape index (κ2) is 15.1.